The number of carbonyl (C=O) groups excluding carboxylic acids is 2. The summed E-state index contributed by atoms with van der Waals surface area (Å²) >= 11 is 0. The molecule has 1 fully saturated rings. The second-order valence-electron chi connectivity index (χ2n) is 6.78. The van der Waals surface area contributed by atoms with Gasteiger partial charge in [0.2, 0.25) is 6.41 Å². The zero-order chi connectivity index (χ0) is 16.1. The van der Waals surface area contributed by atoms with Crippen LogP contribution in [0.25, 0.3) is 0 Å². The van der Waals surface area contributed by atoms with Crippen LogP contribution in [0.3, 0.4) is 0 Å². The SMILES string of the molecule is C=CN(C=O)C(=O)NC1CC(C)(C)CC(C)(COC#N)C1. The third-order valence-electron chi connectivity index (χ3n) is 3.80. The van der Waals surface area contributed by atoms with Crippen LogP contribution in [0.4, 0.5) is 4.79 Å². The maximum absolute atomic E-state index is 11.9. The maximum atomic E-state index is 11.9. The lowest BCUT2D eigenvalue weighted by molar-refractivity contribution is -0.113. The van der Waals surface area contributed by atoms with Gasteiger partial charge in [-0.25, -0.2) is 9.69 Å². The van der Waals surface area contributed by atoms with Crippen molar-refractivity contribution < 1.29 is 14.3 Å². The predicted molar refractivity (Wildman–Crippen MR) is 77.7 cm³/mol. The fourth-order valence-electron chi connectivity index (χ4n) is 3.48. The molecule has 2 unspecified atom stereocenters. The third-order valence-corrected chi connectivity index (χ3v) is 3.80. The van der Waals surface area contributed by atoms with Crippen LogP contribution in [-0.2, 0) is 9.53 Å². The van der Waals surface area contributed by atoms with Gasteiger partial charge in [-0.05, 0) is 24.7 Å². The molecule has 0 aromatic carbocycles. The van der Waals surface area contributed by atoms with E-state index in [1.807, 2.05) is 0 Å². The number of rotatable bonds is 5. The van der Waals surface area contributed by atoms with Crippen LogP contribution in [0, 0.1) is 22.3 Å². The minimum atomic E-state index is -0.480. The molecule has 1 saturated carbocycles. The molecule has 0 aromatic rings. The average molecular weight is 293 g/mol. The topological polar surface area (TPSA) is 82.4 Å². The van der Waals surface area contributed by atoms with E-state index in [1.54, 1.807) is 6.26 Å². The molecule has 1 aliphatic rings. The van der Waals surface area contributed by atoms with Gasteiger partial charge in [-0.3, -0.25) is 4.79 Å². The maximum Gasteiger partial charge on any atom is 0.328 e. The Balaban J connectivity index is 2.78. The summed E-state index contributed by atoms with van der Waals surface area (Å²) in [5.74, 6) is 0. The smallest absolute Gasteiger partial charge is 0.328 e. The van der Waals surface area contributed by atoms with Gasteiger partial charge in [0.05, 0.1) is 0 Å². The number of carbonyl (C=O) groups is 2. The molecule has 0 radical (unpaired) electrons. The van der Waals surface area contributed by atoms with E-state index in [2.05, 4.69) is 32.7 Å². The van der Waals surface area contributed by atoms with Crippen LogP contribution in [0.5, 0.6) is 0 Å². The highest BCUT2D eigenvalue weighted by molar-refractivity contribution is 5.86. The molecular weight excluding hydrogens is 270 g/mol. The van der Waals surface area contributed by atoms with E-state index < -0.39 is 6.03 Å². The Morgan fingerprint density at radius 2 is 2.19 bits per heavy atom. The van der Waals surface area contributed by atoms with E-state index in [0.717, 1.165) is 17.7 Å². The Bertz CT molecular complexity index is 448. The van der Waals surface area contributed by atoms with Crippen molar-refractivity contribution in [1.29, 1.82) is 5.26 Å². The highest BCUT2D eigenvalue weighted by atomic mass is 16.5. The van der Waals surface area contributed by atoms with Crippen molar-refractivity contribution in [3.63, 3.8) is 0 Å². The first-order valence-electron chi connectivity index (χ1n) is 6.93. The molecule has 2 atom stereocenters. The number of nitriles is 1. The molecule has 1 N–H and O–H groups in total. The number of nitrogens with one attached hydrogen (secondary N) is 1. The van der Waals surface area contributed by atoms with Gasteiger partial charge >= 0.3 is 6.03 Å². The van der Waals surface area contributed by atoms with Crippen molar-refractivity contribution in [3.8, 4) is 6.26 Å². The Labute approximate surface area is 125 Å². The minimum absolute atomic E-state index is 0.0178. The molecule has 0 bridgehead atoms. The van der Waals surface area contributed by atoms with Crippen molar-refractivity contribution in [2.24, 2.45) is 10.8 Å². The summed E-state index contributed by atoms with van der Waals surface area (Å²) < 4.78 is 4.92. The van der Waals surface area contributed by atoms with Crippen molar-refractivity contribution in [1.82, 2.24) is 10.2 Å². The second kappa shape index (κ2) is 6.61. The lowest BCUT2D eigenvalue weighted by Gasteiger charge is -2.46. The molecule has 0 aromatic heterocycles. The van der Waals surface area contributed by atoms with Gasteiger partial charge in [0.25, 0.3) is 6.26 Å². The fraction of sp³-hybridized carbons (Fsp3) is 0.667. The number of imide groups is 1. The summed E-state index contributed by atoms with van der Waals surface area (Å²) in [5, 5.41) is 11.4. The summed E-state index contributed by atoms with van der Waals surface area (Å²) in [5.41, 5.74) is -0.167. The van der Waals surface area contributed by atoms with Crippen molar-refractivity contribution in [3.05, 3.63) is 12.8 Å². The van der Waals surface area contributed by atoms with E-state index in [4.69, 9.17) is 10.00 Å². The first-order chi connectivity index (χ1) is 9.75. The van der Waals surface area contributed by atoms with E-state index in [1.165, 1.54) is 6.20 Å². The van der Waals surface area contributed by atoms with Crippen molar-refractivity contribution in [2.45, 2.75) is 46.1 Å². The van der Waals surface area contributed by atoms with Crippen LogP contribution in [0.1, 0.15) is 40.0 Å². The molecule has 116 valence electrons. The zero-order valence-corrected chi connectivity index (χ0v) is 12.9. The molecule has 1 aliphatic carbocycles. The van der Waals surface area contributed by atoms with Crippen LogP contribution in [0.2, 0.25) is 0 Å². The Morgan fingerprint density at radius 1 is 1.52 bits per heavy atom. The van der Waals surface area contributed by atoms with Gasteiger partial charge in [0.1, 0.15) is 6.61 Å². The Hall–Kier alpha value is -2.03. The standard InChI is InChI=1S/C15H23N3O3/c1-5-18(11-19)13(20)17-12-6-14(2,3)8-15(4,7-12)9-21-10-16/h5,11-12H,1,6-9H2,2-4H3,(H,17,20). The van der Waals surface area contributed by atoms with Gasteiger partial charge in [-0.2, -0.15) is 5.26 Å². The Kier molecular flexibility index (Phi) is 5.36. The number of hydrogen-bond acceptors (Lipinski definition) is 4. The quantitative estimate of drug-likeness (QED) is 0.623. The average Bonchev–Trinajstić information content (AvgIpc) is 2.35. The van der Waals surface area contributed by atoms with Crippen LogP contribution in [0.15, 0.2) is 12.8 Å². The summed E-state index contributed by atoms with van der Waals surface area (Å²) in [6, 6.07) is -0.554. The third kappa shape index (κ3) is 4.78. The zero-order valence-electron chi connectivity index (χ0n) is 12.9. The van der Waals surface area contributed by atoms with Gasteiger partial charge < -0.3 is 10.1 Å². The molecule has 6 heteroatoms. The highest BCUT2D eigenvalue weighted by Crippen LogP contribution is 2.46. The number of hydrogen-bond donors (Lipinski definition) is 1. The number of nitrogens with zero attached hydrogens (tertiary/aromatic N) is 2. The molecule has 0 aliphatic heterocycles. The summed E-state index contributed by atoms with van der Waals surface area (Å²) in [6.45, 7) is 10.1. The van der Waals surface area contributed by atoms with E-state index in [9.17, 15) is 9.59 Å². The number of ether oxygens (including phenoxy) is 1. The molecule has 21 heavy (non-hydrogen) atoms. The largest absolute Gasteiger partial charge is 0.427 e. The summed E-state index contributed by atoms with van der Waals surface area (Å²) in [4.78, 5) is 23.6. The highest BCUT2D eigenvalue weighted by Gasteiger charge is 2.42. The van der Waals surface area contributed by atoms with Gasteiger partial charge in [0.15, 0.2) is 0 Å². The molecular formula is C15H23N3O3. The van der Waals surface area contributed by atoms with Gasteiger partial charge in [0, 0.05) is 17.7 Å². The lowest BCUT2D eigenvalue weighted by Crippen LogP contribution is -2.50. The summed E-state index contributed by atoms with van der Waals surface area (Å²) in [7, 11) is 0. The molecule has 6 nitrogen and oxygen atoms in total. The van der Waals surface area contributed by atoms with Gasteiger partial charge in [-0.15, -0.1) is 0 Å². The molecule has 3 amide bonds. The van der Waals surface area contributed by atoms with E-state index in [0.29, 0.717) is 19.4 Å². The first-order valence-corrected chi connectivity index (χ1v) is 6.93. The second-order valence-corrected chi connectivity index (χ2v) is 6.78. The predicted octanol–water partition coefficient (Wildman–Crippen LogP) is 2.38. The normalized spacial score (nSPS) is 27.0. The lowest BCUT2D eigenvalue weighted by atomic mass is 9.63. The minimum Gasteiger partial charge on any atom is -0.427 e. The molecule has 0 spiro atoms. The number of urea groups is 1. The van der Waals surface area contributed by atoms with Crippen LogP contribution in [-0.4, -0.2) is 30.0 Å². The van der Waals surface area contributed by atoms with E-state index >= 15 is 0 Å². The van der Waals surface area contributed by atoms with E-state index in [-0.39, 0.29) is 16.9 Å². The van der Waals surface area contributed by atoms with Gasteiger partial charge in [-0.1, -0.05) is 27.4 Å². The Morgan fingerprint density at radius 3 is 2.71 bits per heavy atom. The number of amides is 3. The summed E-state index contributed by atoms with van der Waals surface area (Å²) in [6.07, 6.45) is 5.73. The van der Waals surface area contributed by atoms with Crippen molar-refractivity contribution in [2.75, 3.05) is 6.61 Å². The fourth-order valence-corrected chi connectivity index (χ4v) is 3.48. The van der Waals surface area contributed by atoms with Crippen molar-refractivity contribution >= 4 is 12.4 Å². The van der Waals surface area contributed by atoms with Crippen LogP contribution >= 0.6 is 0 Å². The molecule has 1 rings (SSSR count). The van der Waals surface area contributed by atoms with Crippen LogP contribution < -0.4 is 5.32 Å². The monoisotopic (exact) mass is 293 g/mol. The molecule has 0 heterocycles. The molecule has 0 saturated heterocycles. The first kappa shape index (κ1) is 17.0.